The van der Waals surface area contributed by atoms with Crippen molar-refractivity contribution in [3.05, 3.63) is 47.5 Å². The summed E-state index contributed by atoms with van der Waals surface area (Å²) >= 11 is 0. The van der Waals surface area contributed by atoms with E-state index >= 15 is 0 Å². The molecular formula is C19H29N5O. The Kier molecular flexibility index (Phi) is 5.83. The molecule has 1 aliphatic rings. The SMILES string of the molecule is CC(C)c1nnc2n1CCN(C[C@H](O)CN(C)Cc1ccccc1)C2. The predicted molar refractivity (Wildman–Crippen MR) is 98.2 cm³/mol. The molecule has 2 heterocycles. The van der Waals surface area contributed by atoms with E-state index in [1.165, 1.54) is 5.56 Å². The molecule has 0 radical (unpaired) electrons. The Balaban J connectivity index is 1.49. The van der Waals surface area contributed by atoms with Crippen molar-refractivity contribution in [1.82, 2.24) is 24.6 Å². The Morgan fingerprint density at radius 3 is 2.64 bits per heavy atom. The van der Waals surface area contributed by atoms with Crippen molar-refractivity contribution in [2.24, 2.45) is 0 Å². The van der Waals surface area contributed by atoms with E-state index in [0.717, 1.165) is 37.8 Å². The average Bonchev–Trinajstić information content (AvgIpc) is 2.98. The minimum atomic E-state index is -0.368. The van der Waals surface area contributed by atoms with Crippen LogP contribution in [0, 0.1) is 0 Å². The molecule has 6 heteroatoms. The molecule has 0 saturated heterocycles. The van der Waals surface area contributed by atoms with Crippen LogP contribution in [-0.4, -0.2) is 62.5 Å². The standard InChI is InChI=1S/C19H29N5O/c1-15(2)19-21-20-18-14-23(9-10-24(18)19)13-17(25)12-22(3)11-16-7-5-4-6-8-16/h4-8,15,17,25H,9-14H2,1-3H3/t17-/m1/s1. The monoisotopic (exact) mass is 343 g/mol. The third-order valence-corrected chi connectivity index (χ3v) is 4.66. The second kappa shape index (κ2) is 8.08. The fourth-order valence-corrected chi connectivity index (χ4v) is 3.49. The first kappa shape index (κ1) is 18.0. The van der Waals surface area contributed by atoms with E-state index in [1.807, 2.05) is 6.07 Å². The van der Waals surface area contributed by atoms with Crippen LogP contribution in [0.1, 0.15) is 37.0 Å². The van der Waals surface area contributed by atoms with Crippen molar-refractivity contribution in [2.45, 2.75) is 45.5 Å². The molecule has 1 aromatic heterocycles. The second-order valence-corrected chi connectivity index (χ2v) is 7.35. The highest BCUT2D eigenvalue weighted by molar-refractivity contribution is 5.14. The number of fused-ring (bicyclic) bond motifs is 1. The van der Waals surface area contributed by atoms with Crippen LogP contribution in [-0.2, 0) is 19.6 Å². The normalized spacial score (nSPS) is 16.4. The summed E-state index contributed by atoms with van der Waals surface area (Å²) in [6, 6.07) is 10.4. The molecule has 0 spiro atoms. The van der Waals surface area contributed by atoms with Gasteiger partial charge in [-0.2, -0.15) is 0 Å². The van der Waals surface area contributed by atoms with Gasteiger partial charge in [-0.1, -0.05) is 44.2 Å². The van der Waals surface area contributed by atoms with E-state index in [-0.39, 0.29) is 6.10 Å². The van der Waals surface area contributed by atoms with E-state index in [2.05, 4.69) is 69.7 Å². The van der Waals surface area contributed by atoms with Crippen molar-refractivity contribution in [1.29, 1.82) is 0 Å². The van der Waals surface area contributed by atoms with Crippen LogP contribution in [0.5, 0.6) is 0 Å². The Bertz CT molecular complexity index is 670. The van der Waals surface area contributed by atoms with Gasteiger partial charge in [-0.3, -0.25) is 9.80 Å². The Morgan fingerprint density at radius 1 is 1.16 bits per heavy atom. The van der Waals surface area contributed by atoms with Crippen molar-refractivity contribution in [3.63, 3.8) is 0 Å². The zero-order valence-electron chi connectivity index (χ0n) is 15.5. The first-order valence-corrected chi connectivity index (χ1v) is 9.07. The lowest BCUT2D eigenvalue weighted by atomic mass is 10.2. The van der Waals surface area contributed by atoms with Gasteiger partial charge in [-0.15, -0.1) is 10.2 Å². The molecular weight excluding hydrogens is 314 g/mol. The lowest BCUT2D eigenvalue weighted by molar-refractivity contribution is 0.0685. The number of hydrogen-bond acceptors (Lipinski definition) is 5. The summed E-state index contributed by atoms with van der Waals surface area (Å²) in [5.74, 6) is 2.47. The van der Waals surface area contributed by atoms with Gasteiger partial charge in [0.15, 0.2) is 0 Å². The highest BCUT2D eigenvalue weighted by atomic mass is 16.3. The number of nitrogens with zero attached hydrogens (tertiary/aromatic N) is 5. The van der Waals surface area contributed by atoms with Crippen molar-refractivity contribution < 1.29 is 5.11 Å². The first-order valence-electron chi connectivity index (χ1n) is 9.07. The minimum Gasteiger partial charge on any atom is -0.390 e. The van der Waals surface area contributed by atoms with Gasteiger partial charge < -0.3 is 9.67 Å². The van der Waals surface area contributed by atoms with Gasteiger partial charge in [0.2, 0.25) is 0 Å². The maximum absolute atomic E-state index is 10.5. The zero-order chi connectivity index (χ0) is 17.8. The van der Waals surface area contributed by atoms with Gasteiger partial charge in [-0.05, 0) is 12.6 Å². The van der Waals surface area contributed by atoms with Crippen LogP contribution in [0.3, 0.4) is 0 Å². The maximum atomic E-state index is 10.5. The summed E-state index contributed by atoms with van der Waals surface area (Å²) in [5, 5.41) is 19.1. The summed E-state index contributed by atoms with van der Waals surface area (Å²) in [4.78, 5) is 4.44. The molecule has 0 bridgehead atoms. The van der Waals surface area contributed by atoms with Gasteiger partial charge in [0, 0.05) is 38.6 Å². The van der Waals surface area contributed by atoms with E-state index in [4.69, 9.17) is 0 Å². The Labute approximate surface area is 150 Å². The fraction of sp³-hybridized carbons (Fsp3) is 0.579. The summed E-state index contributed by atoms with van der Waals surface area (Å²) in [5.41, 5.74) is 1.27. The van der Waals surface area contributed by atoms with Gasteiger partial charge in [0.25, 0.3) is 0 Å². The third kappa shape index (κ3) is 4.66. The van der Waals surface area contributed by atoms with Gasteiger partial charge in [0.1, 0.15) is 11.6 Å². The van der Waals surface area contributed by atoms with Crippen LogP contribution in [0.4, 0.5) is 0 Å². The number of β-amino-alcohol motifs (C(OH)–C–C–N with tert-alkyl or cyclic N) is 1. The third-order valence-electron chi connectivity index (χ3n) is 4.66. The zero-order valence-corrected chi connectivity index (χ0v) is 15.5. The molecule has 0 aliphatic carbocycles. The average molecular weight is 343 g/mol. The second-order valence-electron chi connectivity index (χ2n) is 7.35. The summed E-state index contributed by atoms with van der Waals surface area (Å²) in [7, 11) is 2.05. The highest BCUT2D eigenvalue weighted by Crippen LogP contribution is 2.18. The Morgan fingerprint density at radius 2 is 1.92 bits per heavy atom. The number of aliphatic hydroxyl groups excluding tert-OH is 1. The van der Waals surface area contributed by atoms with Gasteiger partial charge in [-0.25, -0.2) is 0 Å². The quantitative estimate of drug-likeness (QED) is 0.829. The van der Waals surface area contributed by atoms with Crippen LogP contribution in [0.15, 0.2) is 30.3 Å². The number of likely N-dealkylation sites (N-methyl/N-ethyl adjacent to an activating group) is 1. The molecule has 25 heavy (non-hydrogen) atoms. The number of hydrogen-bond donors (Lipinski definition) is 1. The van der Waals surface area contributed by atoms with E-state index in [1.54, 1.807) is 0 Å². The molecule has 0 fully saturated rings. The minimum absolute atomic E-state index is 0.368. The summed E-state index contributed by atoms with van der Waals surface area (Å²) < 4.78 is 2.23. The molecule has 1 aromatic carbocycles. The summed E-state index contributed by atoms with van der Waals surface area (Å²) in [6.45, 7) is 9.08. The van der Waals surface area contributed by atoms with Crippen LogP contribution < -0.4 is 0 Å². The molecule has 1 aliphatic heterocycles. The highest BCUT2D eigenvalue weighted by Gasteiger charge is 2.24. The number of aromatic nitrogens is 3. The van der Waals surface area contributed by atoms with Gasteiger partial charge in [0.05, 0.1) is 12.6 Å². The van der Waals surface area contributed by atoms with E-state index in [0.29, 0.717) is 19.0 Å². The molecule has 3 rings (SSSR count). The predicted octanol–water partition coefficient (Wildman–Crippen LogP) is 1.71. The smallest absolute Gasteiger partial charge is 0.147 e. The topological polar surface area (TPSA) is 57.4 Å². The van der Waals surface area contributed by atoms with Gasteiger partial charge >= 0.3 is 0 Å². The molecule has 6 nitrogen and oxygen atoms in total. The Hall–Kier alpha value is -1.76. The lowest BCUT2D eigenvalue weighted by Gasteiger charge is -2.31. The molecule has 1 atom stereocenters. The largest absolute Gasteiger partial charge is 0.390 e. The molecule has 0 unspecified atom stereocenters. The summed E-state index contributed by atoms with van der Waals surface area (Å²) in [6.07, 6.45) is -0.368. The molecule has 0 saturated carbocycles. The van der Waals surface area contributed by atoms with Crippen LogP contribution in [0.25, 0.3) is 0 Å². The number of benzene rings is 1. The van der Waals surface area contributed by atoms with Crippen molar-refractivity contribution in [3.8, 4) is 0 Å². The molecule has 2 aromatic rings. The van der Waals surface area contributed by atoms with Crippen molar-refractivity contribution in [2.75, 3.05) is 26.7 Å². The van der Waals surface area contributed by atoms with Crippen molar-refractivity contribution >= 4 is 0 Å². The molecule has 136 valence electrons. The number of rotatable bonds is 7. The first-order chi connectivity index (χ1) is 12.0. The van der Waals surface area contributed by atoms with E-state index < -0.39 is 0 Å². The van der Waals surface area contributed by atoms with E-state index in [9.17, 15) is 5.11 Å². The van der Waals surface area contributed by atoms with Crippen LogP contribution >= 0.6 is 0 Å². The fourth-order valence-electron chi connectivity index (χ4n) is 3.49. The van der Waals surface area contributed by atoms with Crippen LogP contribution in [0.2, 0.25) is 0 Å². The molecule has 0 amide bonds. The maximum Gasteiger partial charge on any atom is 0.147 e. The molecule has 1 N–H and O–H groups in total. The lowest BCUT2D eigenvalue weighted by Crippen LogP contribution is -2.42. The number of aliphatic hydroxyl groups is 1.